The maximum atomic E-state index is 12.6. The smallest absolute Gasteiger partial charge is 0.407 e. The van der Waals surface area contributed by atoms with Crippen LogP contribution in [0.5, 0.6) is 0 Å². The number of fused-ring (bicyclic) bond motifs is 3. The molecule has 0 heterocycles. The number of hydrogen-bond donors (Lipinski definition) is 3. The minimum absolute atomic E-state index is 0.0837. The number of hydrogen-bond acceptors (Lipinski definition) is 6. The first kappa shape index (κ1) is 24.8. The summed E-state index contributed by atoms with van der Waals surface area (Å²) in [5.74, 6) is -3.00. The van der Waals surface area contributed by atoms with E-state index in [0.29, 0.717) is 6.42 Å². The van der Waals surface area contributed by atoms with Crippen LogP contribution in [0.15, 0.2) is 48.5 Å². The van der Waals surface area contributed by atoms with Gasteiger partial charge in [-0.2, -0.15) is 0 Å². The molecule has 1 aliphatic carbocycles. The molecular formula is C25H28N2O7. The van der Waals surface area contributed by atoms with E-state index in [9.17, 15) is 24.3 Å². The van der Waals surface area contributed by atoms with E-state index in [4.69, 9.17) is 4.74 Å². The molecule has 2 amide bonds. The van der Waals surface area contributed by atoms with Crippen LogP contribution in [0.2, 0.25) is 0 Å². The van der Waals surface area contributed by atoms with E-state index in [-0.39, 0.29) is 18.9 Å². The second-order valence-electron chi connectivity index (χ2n) is 7.99. The Hall–Kier alpha value is -3.88. The lowest BCUT2D eigenvalue weighted by atomic mass is 9.98. The van der Waals surface area contributed by atoms with Gasteiger partial charge in [-0.15, -0.1) is 0 Å². The summed E-state index contributed by atoms with van der Waals surface area (Å²) in [6.07, 6.45) is -0.492. The summed E-state index contributed by atoms with van der Waals surface area (Å²) in [7, 11) is 1.13. The molecule has 0 radical (unpaired) electrons. The monoisotopic (exact) mass is 468 g/mol. The highest BCUT2D eigenvalue weighted by Crippen LogP contribution is 2.44. The van der Waals surface area contributed by atoms with E-state index in [1.807, 2.05) is 55.5 Å². The average molecular weight is 469 g/mol. The molecule has 0 fully saturated rings. The summed E-state index contributed by atoms with van der Waals surface area (Å²) in [6, 6.07) is 13.4. The number of alkyl carbamates (subject to hydrolysis) is 1. The molecule has 3 rings (SSSR count). The standard InChI is InChI=1S/C25H28N2O7/c1-3-8-20(23(29)26-21(24(30)31)13-22(28)33-2)27-25(32)34-14-19-17-11-6-4-9-15(17)16-10-5-7-12-18(16)19/h4-7,9-12,19-21H,3,8,13-14H2,1-2H3,(H,26,29)(H,27,32)(H,30,31)/t20?,21-/m1/s1. The van der Waals surface area contributed by atoms with Gasteiger partial charge in [0.2, 0.25) is 5.91 Å². The summed E-state index contributed by atoms with van der Waals surface area (Å²) in [4.78, 5) is 48.0. The first-order valence-electron chi connectivity index (χ1n) is 11.1. The van der Waals surface area contributed by atoms with Crippen molar-refractivity contribution in [3.05, 3.63) is 59.7 Å². The van der Waals surface area contributed by atoms with Crippen LogP contribution in [0.1, 0.15) is 43.2 Å². The third-order valence-electron chi connectivity index (χ3n) is 5.74. The van der Waals surface area contributed by atoms with Crippen molar-refractivity contribution in [2.45, 2.75) is 44.2 Å². The molecule has 1 unspecified atom stereocenters. The van der Waals surface area contributed by atoms with Crippen molar-refractivity contribution in [1.82, 2.24) is 10.6 Å². The number of rotatable bonds is 10. The number of aliphatic carboxylic acids is 1. The van der Waals surface area contributed by atoms with Gasteiger partial charge >= 0.3 is 18.0 Å². The number of amides is 2. The highest BCUT2D eigenvalue weighted by atomic mass is 16.5. The molecule has 9 nitrogen and oxygen atoms in total. The predicted octanol–water partition coefficient (Wildman–Crippen LogP) is 2.83. The Bertz CT molecular complexity index is 1020. The van der Waals surface area contributed by atoms with Crippen LogP contribution < -0.4 is 10.6 Å². The molecule has 0 bridgehead atoms. The van der Waals surface area contributed by atoms with Gasteiger partial charge in [0.15, 0.2) is 0 Å². The van der Waals surface area contributed by atoms with Crippen molar-refractivity contribution >= 4 is 23.9 Å². The van der Waals surface area contributed by atoms with Crippen LogP contribution in [0.3, 0.4) is 0 Å². The number of carboxylic acid groups (broad SMARTS) is 1. The first-order chi connectivity index (χ1) is 16.3. The normalized spacial score (nSPS) is 13.7. The molecule has 0 aromatic heterocycles. The molecule has 1 aliphatic rings. The summed E-state index contributed by atoms with van der Waals surface area (Å²) in [5, 5.41) is 14.1. The van der Waals surface area contributed by atoms with E-state index in [1.54, 1.807) is 0 Å². The Kier molecular flexibility index (Phi) is 8.24. The van der Waals surface area contributed by atoms with Crippen LogP contribution in [-0.2, 0) is 23.9 Å². The average Bonchev–Trinajstić information content (AvgIpc) is 3.15. The molecule has 2 aromatic carbocycles. The van der Waals surface area contributed by atoms with Gasteiger partial charge in [-0.1, -0.05) is 61.9 Å². The Balaban J connectivity index is 1.63. The Morgan fingerprint density at radius 3 is 2.06 bits per heavy atom. The van der Waals surface area contributed by atoms with Crippen LogP contribution in [0, 0.1) is 0 Å². The maximum Gasteiger partial charge on any atom is 0.407 e. The van der Waals surface area contributed by atoms with Crippen molar-refractivity contribution in [2.24, 2.45) is 0 Å². The summed E-state index contributed by atoms with van der Waals surface area (Å²) in [6.45, 7) is 1.91. The first-order valence-corrected chi connectivity index (χ1v) is 11.1. The van der Waals surface area contributed by atoms with Crippen molar-refractivity contribution < 1.29 is 33.8 Å². The predicted molar refractivity (Wildman–Crippen MR) is 123 cm³/mol. The van der Waals surface area contributed by atoms with Gasteiger partial charge in [-0.25, -0.2) is 9.59 Å². The van der Waals surface area contributed by atoms with E-state index in [1.165, 1.54) is 0 Å². The van der Waals surface area contributed by atoms with Crippen molar-refractivity contribution in [2.75, 3.05) is 13.7 Å². The number of methoxy groups -OCH3 is 1. The number of benzene rings is 2. The van der Waals surface area contributed by atoms with Gasteiger partial charge < -0.3 is 25.2 Å². The highest BCUT2D eigenvalue weighted by Gasteiger charge is 2.31. The second-order valence-corrected chi connectivity index (χ2v) is 7.99. The molecule has 0 saturated heterocycles. The Labute approximate surface area is 197 Å². The second kappa shape index (κ2) is 11.3. The highest BCUT2D eigenvalue weighted by molar-refractivity contribution is 5.91. The van der Waals surface area contributed by atoms with Gasteiger partial charge in [-0.05, 0) is 28.7 Å². The van der Waals surface area contributed by atoms with Gasteiger partial charge in [0.1, 0.15) is 18.7 Å². The fourth-order valence-corrected chi connectivity index (χ4v) is 4.06. The minimum Gasteiger partial charge on any atom is -0.480 e. The lowest BCUT2D eigenvalue weighted by Crippen LogP contribution is -2.52. The Morgan fingerprint density at radius 2 is 1.53 bits per heavy atom. The van der Waals surface area contributed by atoms with Crippen LogP contribution >= 0.6 is 0 Å². The van der Waals surface area contributed by atoms with Crippen LogP contribution in [-0.4, -0.2) is 54.8 Å². The van der Waals surface area contributed by atoms with Crippen molar-refractivity contribution in [3.8, 4) is 11.1 Å². The van der Waals surface area contributed by atoms with E-state index in [2.05, 4.69) is 15.4 Å². The van der Waals surface area contributed by atoms with Crippen molar-refractivity contribution in [3.63, 3.8) is 0 Å². The summed E-state index contributed by atoms with van der Waals surface area (Å²) < 4.78 is 9.95. The van der Waals surface area contributed by atoms with Gasteiger partial charge in [0.25, 0.3) is 0 Å². The molecule has 0 spiro atoms. The number of carbonyl (C=O) groups is 4. The number of nitrogens with one attached hydrogen (secondary N) is 2. The lowest BCUT2D eigenvalue weighted by molar-refractivity contribution is -0.149. The zero-order valence-corrected chi connectivity index (χ0v) is 19.1. The zero-order chi connectivity index (χ0) is 24.7. The minimum atomic E-state index is -1.47. The van der Waals surface area contributed by atoms with Gasteiger partial charge in [0.05, 0.1) is 13.5 Å². The molecular weight excluding hydrogens is 440 g/mol. The largest absolute Gasteiger partial charge is 0.480 e. The molecule has 2 atom stereocenters. The third-order valence-corrected chi connectivity index (χ3v) is 5.74. The SMILES string of the molecule is CCCC(NC(=O)OCC1c2ccccc2-c2ccccc21)C(=O)N[C@H](CC(=O)OC)C(=O)O. The number of carbonyl (C=O) groups excluding carboxylic acids is 3. The summed E-state index contributed by atoms with van der Waals surface area (Å²) in [5.41, 5.74) is 4.32. The van der Waals surface area contributed by atoms with Gasteiger partial charge in [0, 0.05) is 5.92 Å². The van der Waals surface area contributed by atoms with E-state index in [0.717, 1.165) is 29.4 Å². The fourth-order valence-electron chi connectivity index (χ4n) is 4.06. The molecule has 2 aromatic rings. The maximum absolute atomic E-state index is 12.6. The molecule has 0 aliphatic heterocycles. The molecule has 0 saturated carbocycles. The fraction of sp³-hybridized carbons (Fsp3) is 0.360. The van der Waals surface area contributed by atoms with Crippen molar-refractivity contribution in [1.29, 1.82) is 0 Å². The molecule has 3 N–H and O–H groups in total. The zero-order valence-electron chi connectivity index (χ0n) is 19.1. The summed E-state index contributed by atoms with van der Waals surface area (Å²) >= 11 is 0. The van der Waals surface area contributed by atoms with E-state index < -0.39 is 42.4 Å². The quantitative estimate of drug-likeness (QED) is 0.457. The van der Waals surface area contributed by atoms with E-state index >= 15 is 0 Å². The number of esters is 1. The molecule has 9 heteroatoms. The lowest BCUT2D eigenvalue weighted by Gasteiger charge is -2.21. The number of carboxylic acids is 1. The molecule has 34 heavy (non-hydrogen) atoms. The molecule has 180 valence electrons. The third kappa shape index (κ3) is 5.72. The van der Waals surface area contributed by atoms with Crippen LogP contribution in [0.25, 0.3) is 11.1 Å². The van der Waals surface area contributed by atoms with Gasteiger partial charge in [-0.3, -0.25) is 9.59 Å². The Morgan fingerprint density at radius 1 is 0.941 bits per heavy atom. The van der Waals surface area contributed by atoms with Crippen LogP contribution in [0.4, 0.5) is 4.79 Å². The topological polar surface area (TPSA) is 131 Å². The number of ether oxygens (including phenoxy) is 2.